The van der Waals surface area contributed by atoms with E-state index in [-0.39, 0.29) is 18.1 Å². The first-order chi connectivity index (χ1) is 19.7. The fraction of sp³-hybridized carbons (Fsp3) is 0.484. The predicted octanol–water partition coefficient (Wildman–Crippen LogP) is 6.86. The maximum atomic E-state index is 12.9. The van der Waals surface area contributed by atoms with Crippen LogP contribution >= 0.6 is 0 Å². The van der Waals surface area contributed by atoms with Crippen LogP contribution in [0, 0.1) is 11.3 Å². The van der Waals surface area contributed by atoms with Crippen molar-refractivity contribution in [3.05, 3.63) is 65.4 Å². The van der Waals surface area contributed by atoms with Crippen molar-refractivity contribution in [1.29, 1.82) is 5.26 Å². The quantitative estimate of drug-likeness (QED) is 0.216. The van der Waals surface area contributed by atoms with Crippen LogP contribution in [0.1, 0.15) is 86.9 Å². The lowest BCUT2D eigenvalue weighted by atomic mass is 9.88. The number of aromatic nitrogens is 1. The first kappa shape index (κ1) is 32.0. The van der Waals surface area contributed by atoms with E-state index < -0.39 is 12.3 Å². The van der Waals surface area contributed by atoms with Crippen LogP contribution in [-0.2, 0) is 4.79 Å². The number of hydrogen-bond donors (Lipinski definition) is 3. The van der Waals surface area contributed by atoms with E-state index in [9.17, 15) is 23.2 Å². The number of nitrogens with two attached hydrogens (primary N) is 1. The van der Waals surface area contributed by atoms with E-state index in [1.807, 2.05) is 24.3 Å². The highest BCUT2D eigenvalue weighted by atomic mass is 19.4. The van der Waals surface area contributed by atoms with Gasteiger partial charge < -0.3 is 25.5 Å². The van der Waals surface area contributed by atoms with Gasteiger partial charge in [0.15, 0.2) is 0 Å². The minimum Gasteiger partial charge on any atom is -0.481 e. The molecule has 1 atom stereocenters. The van der Waals surface area contributed by atoms with Crippen LogP contribution in [0.25, 0.3) is 10.9 Å². The third-order valence-electron chi connectivity index (χ3n) is 7.30. The number of ether oxygens (including phenoxy) is 1. The summed E-state index contributed by atoms with van der Waals surface area (Å²) in [5.41, 5.74) is 9.02. The van der Waals surface area contributed by atoms with Crippen molar-refractivity contribution >= 4 is 16.9 Å². The topological polar surface area (TPSA) is 113 Å². The lowest BCUT2D eigenvalue weighted by Gasteiger charge is -2.24. The highest BCUT2D eigenvalue weighted by molar-refractivity contribution is 5.86. The van der Waals surface area contributed by atoms with E-state index in [0.717, 1.165) is 47.8 Å². The third-order valence-corrected chi connectivity index (χ3v) is 7.30. The van der Waals surface area contributed by atoms with Crippen LogP contribution in [0.3, 0.4) is 0 Å². The summed E-state index contributed by atoms with van der Waals surface area (Å²) in [6.07, 6.45) is 4.98. The number of halogens is 3. The van der Waals surface area contributed by atoms with E-state index in [1.165, 1.54) is 31.4 Å². The number of carboxylic acid groups (broad SMARTS) is 1. The number of nitrogens with zero attached hydrogens (tertiary/aromatic N) is 2. The molecule has 1 saturated carbocycles. The Morgan fingerprint density at radius 2 is 1.93 bits per heavy atom. The number of fused-ring (bicyclic) bond motifs is 1. The molecule has 0 bridgehead atoms. The molecule has 4 rings (SSSR count). The normalized spacial score (nSPS) is 14.6. The number of aliphatic carboxylic acids is 1. The summed E-state index contributed by atoms with van der Waals surface area (Å²) in [6.45, 7) is 3.66. The molecule has 0 aliphatic heterocycles. The molecule has 1 fully saturated rings. The molecule has 0 radical (unpaired) electrons. The van der Waals surface area contributed by atoms with E-state index in [0.29, 0.717) is 31.1 Å². The van der Waals surface area contributed by atoms with Crippen LogP contribution in [0.4, 0.5) is 13.2 Å². The molecule has 1 heterocycles. The average Bonchev–Trinajstić information content (AvgIpc) is 3.33. The van der Waals surface area contributed by atoms with Gasteiger partial charge in [-0.3, -0.25) is 4.79 Å². The summed E-state index contributed by atoms with van der Waals surface area (Å²) in [6, 6.07) is 14.6. The van der Waals surface area contributed by atoms with Crippen LogP contribution in [0.5, 0.6) is 5.75 Å². The van der Waals surface area contributed by atoms with Gasteiger partial charge in [-0.05, 0) is 86.8 Å². The number of benzene rings is 2. The van der Waals surface area contributed by atoms with E-state index in [4.69, 9.17) is 10.8 Å². The fourth-order valence-corrected chi connectivity index (χ4v) is 5.32. The number of alkyl halides is 3. The molecule has 1 aliphatic carbocycles. The molecule has 1 unspecified atom stereocenters. The van der Waals surface area contributed by atoms with Crippen molar-refractivity contribution in [3.63, 3.8) is 0 Å². The largest absolute Gasteiger partial charge is 0.573 e. The summed E-state index contributed by atoms with van der Waals surface area (Å²) in [5, 5.41) is 21.7. The Labute approximate surface area is 239 Å². The van der Waals surface area contributed by atoms with Crippen LogP contribution in [-0.4, -0.2) is 41.6 Å². The third kappa shape index (κ3) is 9.51. The zero-order valence-electron chi connectivity index (χ0n) is 23.4. The Morgan fingerprint density at radius 1 is 1.20 bits per heavy atom. The summed E-state index contributed by atoms with van der Waals surface area (Å²) in [5.74, 6) is -1.15. The smallest absolute Gasteiger partial charge is 0.481 e. The minimum absolute atomic E-state index is 0.173. The molecule has 7 nitrogen and oxygen atoms in total. The van der Waals surface area contributed by atoms with Gasteiger partial charge >= 0.3 is 12.3 Å². The highest BCUT2D eigenvalue weighted by Gasteiger charge is 2.31. The molecule has 4 N–H and O–H groups in total. The molecule has 0 saturated heterocycles. The Bertz CT molecular complexity index is 1310. The lowest BCUT2D eigenvalue weighted by Crippen LogP contribution is -2.21. The predicted molar refractivity (Wildman–Crippen MR) is 153 cm³/mol. The molecule has 1 aliphatic rings. The number of nitrogens with one attached hydrogen (secondary N) is 1. The molecular formula is C31H39F3N4O3. The minimum atomic E-state index is -4.75. The molecule has 0 spiro atoms. The summed E-state index contributed by atoms with van der Waals surface area (Å²) >= 11 is 0. The first-order valence-corrected chi connectivity index (χ1v) is 14.2. The fourth-order valence-electron chi connectivity index (χ4n) is 5.32. The van der Waals surface area contributed by atoms with Crippen molar-refractivity contribution in [2.24, 2.45) is 5.73 Å². The molecule has 41 heavy (non-hydrogen) atoms. The van der Waals surface area contributed by atoms with Gasteiger partial charge in [-0.25, -0.2) is 0 Å². The maximum Gasteiger partial charge on any atom is 0.573 e. The number of carbonyl (C=O) groups is 1. The Hall–Kier alpha value is -3.55. The Kier molecular flexibility index (Phi) is 12.0. The van der Waals surface area contributed by atoms with Gasteiger partial charge in [0.25, 0.3) is 0 Å². The number of hydrogen-bond acceptors (Lipinski definition) is 5. The second kappa shape index (κ2) is 15.5. The zero-order chi connectivity index (χ0) is 29.8. The van der Waals surface area contributed by atoms with Crippen LogP contribution in [0.15, 0.2) is 48.7 Å². The molecule has 222 valence electrons. The Morgan fingerprint density at radius 3 is 2.56 bits per heavy atom. The molecule has 1 aromatic heterocycles. The number of nitriles is 1. The van der Waals surface area contributed by atoms with Crippen molar-refractivity contribution in [2.45, 2.75) is 76.6 Å². The lowest BCUT2D eigenvalue weighted by molar-refractivity contribution is -0.274. The molecule has 10 heteroatoms. The van der Waals surface area contributed by atoms with E-state index in [1.54, 1.807) is 13.0 Å². The van der Waals surface area contributed by atoms with Gasteiger partial charge in [0.05, 0.1) is 11.6 Å². The molecule has 2 aromatic carbocycles. The second-order valence-electron chi connectivity index (χ2n) is 10.2. The second-order valence-corrected chi connectivity index (χ2v) is 10.2. The van der Waals surface area contributed by atoms with Gasteiger partial charge in [0.1, 0.15) is 5.75 Å². The average molecular weight is 573 g/mol. The summed E-state index contributed by atoms with van der Waals surface area (Å²) < 4.78 is 45.4. The van der Waals surface area contributed by atoms with Crippen LogP contribution in [0.2, 0.25) is 0 Å². The van der Waals surface area contributed by atoms with Gasteiger partial charge in [-0.1, -0.05) is 38.3 Å². The molecule has 3 aromatic rings. The molecule has 0 amide bonds. The van der Waals surface area contributed by atoms with Crippen molar-refractivity contribution in [2.75, 3.05) is 19.6 Å². The van der Waals surface area contributed by atoms with Gasteiger partial charge in [-0.15, -0.1) is 13.2 Å². The highest BCUT2D eigenvalue weighted by Crippen LogP contribution is 2.40. The first-order valence-electron chi connectivity index (χ1n) is 14.2. The van der Waals surface area contributed by atoms with Crippen molar-refractivity contribution < 1.29 is 27.8 Å². The zero-order valence-corrected chi connectivity index (χ0v) is 23.4. The number of carboxylic acids is 1. The monoisotopic (exact) mass is 572 g/mol. The summed E-state index contributed by atoms with van der Waals surface area (Å²) in [7, 11) is 0. The molecular weight excluding hydrogens is 533 g/mol. The van der Waals surface area contributed by atoms with Gasteiger partial charge in [0, 0.05) is 35.5 Å². The number of rotatable bonds is 11. The van der Waals surface area contributed by atoms with Gasteiger partial charge in [0.2, 0.25) is 0 Å². The standard InChI is InChI=1S/C28H33F3N4O.C3H6O2/c29-28(30,31)36-23-9-4-6-21(17-23)24(12-15-34-14-5-13-32)26-19-35(22-7-2-1-3-8-22)27-11-10-20(18-33)16-25(26)27;1-2-3(4)5/h4,6,9-11,16-17,19,22,24,34H,1-3,5,7-8,12-15,32H2;2H2,1H3,(H,4,5). The maximum absolute atomic E-state index is 12.9. The SMILES string of the molecule is CCC(=O)O.N#Cc1ccc2c(c1)c(C(CCNCCCN)c1cccc(OC(F)(F)F)c1)cn2C1CCCCC1. The van der Waals surface area contributed by atoms with E-state index >= 15 is 0 Å². The van der Waals surface area contributed by atoms with Crippen molar-refractivity contribution in [1.82, 2.24) is 9.88 Å². The van der Waals surface area contributed by atoms with Gasteiger partial charge in [-0.2, -0.15) is 5.26 Å². The van der Waals surface area contributed by atoms with Crippen molar-refractivity contribution in [3.8, 4) is 11.8 Å². The Balaban J connectivity index is 0.000000850. The van der Waals surface area contributed by atoms with Crippen LogP contribution < -0.4 is 15.8 Å². The summed E-state index contributed by atoms with van der Waals surface area (Å²) in [4.78, 5) is 9.37. The van der Waals surface area contributed by atoms with E-state index in [2.05, 4.69) is 26.9 Å².